The average molecular weight is 502 g/mol. The summed E-state index contributed by atoms with van der Waals surface area (Å²) in [5.74, 6) is 2.96. The molecule has 37 heavy (non-hydrogen) atoms. The van der Waals surface area contributed by atoms with Gasteiger partial charge in [-0.3, -0.25) is 0 Å². The summed E-state index contributed by atoms with van der Waals surface area (Å²) in [7, 11) is 0. The number of nitrogens with one attached hydrogen (secondary N) is 1. The van der Waals surface area contributed by atoms with Crippen LogP contribution >= 0.6 is 11.3 Å². The van der Waals surface area contributed by atoms with Crippen LogP contribution in [0.4, 0.5) is 22.9 Å². The Bertz CT molecular complexity index is 1670. The summed E-state index contributed by atoms with van der Waals surface area (Å²) in [6.07, 6.45) is 1.78. The van der Waals surface area contributed by atoms with Crippen molar-refractivity contribution in [2.24, 2.45) is 9.98 Å². The first kappa shape index (κ1) is 21.7. The van der Waals surface area contributed by atoms with Gasteiger partial charge in [0.2, 0.25) is 0 Å². The zero-order valence-electron chi connectivity index (χ0n) is 20.3. The van der Waals surface area contributed by atoms with E-state index in [1.165, 1.54) is 10.4 Å². The number of anilines is 2. The third kappa shape index (κ3) is 3.56. The molecule has 5 heterocycles. The number of thiophene rings is 1. The molecule has 1 unspecified atom stereocenters. The Labute approximate surface area is 218 Å². The molecule has 0 spiro atoms. The number of hydrogen-bond acceptors (Lipinski definition) is 7. The first-order chi connectivity index (χ1) is 18.2. The molecule has 1 N–H and O–H groups in total. The number of hydrogen-bond donors (Lipinski definition) is 1. The molecule has 2 aromatic carbocycles. The van der Waals surface area contributed by atoms with Gasteiger partial charge in [-0.25, -0.2) is 15.0 Å². The van der Waals surface area contributed by atoms with Crippen LogP contribution < -0.4 is 10.2 Å². The minimum atomic E-state index is -0.105. The molecule has 3 aromatic heterocycles. The summed E-state index contributed by atoms with van der Waals surface area (Å²) in [6, 6.07) is 26.5. The maximum atomic E-state index is 5.23. The molecule has 180 valence electrons. The Morgan fingerprint density at radius 1 is 0.865 bits per heavy atom. The Hall–Kier alpha value is -4.56. The summed E-state index contributed by atoms with van der Waals surface area (Å²) < 4.78 is 1.85. The maximum Gasteiger partial charge on any atom is 0.179 e. The fraction of sp³-hybridized carbons (Fsp3) is 0.103. The molecule has 7 rings (SSSR count). The van der Waals surface area contributed by atoms with Crippen LogP contribution in [-0.4, -0.2) is 26.4 Å². The molecule has 2 aliphatic heterocycles. The van der Waals surface area contributed by atoms with Gasteiger partial charge < -0.3 is 10.2 Å². The fourth-order valence-corrected chi connectivity index (χ4v) is 5.75. The van der Waals surface area contributed by atoms with Crippen LogP contribution in [0.15, 0.2) is 100 Å². The van der Waals surface area contributed by atoms with Crippen molar-refractivity contribution in [2.45, 2.75) is 19.9 Å². The number of fused-ring (bicyclic) bond motifs is 4. The topological polar surface area (TPSA) is 70.7 Å². The predicted molar refractivity (Wildman–Crippen MR) is 150 cm³/mol. The highest BCUT2D eigenvalue weighted by Crippen LogP contribution is 2.48. The van der Waals surface area contributed by atoms with E-state index in [2.05, 4.69) is 83.0 Å². The van der Waals surface area contributed by atoms with Crippen molar-refractivity contribution in [3.63, 3.8) is 0 Å². The van der Waals surface area contributed by atoms with Crippen LogP contribution in [0.2, 0.25) is 0 Å². The lowest BCUT2D eigenvalue weighted by molar-refractivity contribution is 0.820. The fourth-order valence-electron chi connectivity index (χ4n) is 4.93. The number of aliphatic imine (C=N–C) groups is 2. The molecule has 1 atom stereocenters. The highest BCUT2D eigenvalue weighted by molar-refractivity contribution is 7.10. The normalized spacial score (nSPS) is 15.8. The number of pyridine rings is 1. The van der Waals surface area contributed by atoms with E-state index in [1.807, 2.05) is 35.0 Å². The monoisotopic (exact) mass is 501 g/mol. The number of para-hydroxylation sites is 2. The Balaban J connectivity index is 1.49. The smallest absolute Gasteiger partial charge is 0.179 e. The molecule has 7 nitrogen and oxygen atoms in total. The number of benzene rings is 2. The van der Waals surface area contributed by atoms with Crippen molar-refractivity contribution >= 4 is 45.9 Å². The number of amidine groups is 2. The summed E-state index contributed by atoms with van der Waals surface area (Å²) in [5, 5.41) is 10.6. The van der Waals surface area contributed by atoms with E-state index in [0.717, 1.165) is 45.8 Å². The van der Waals surface area contributed by atoms with Crippen molar-refractivity contribution in [1.82, 2.24) is 14.8 Å². The van der Waals surface area contributed by atoms with Crippen molar-refractivity contribution < 1.29 is 0 Å². The van der Waals surface area contributed by atoms with Crippen molar-refractivity contribution in [1.29, 1.82) is 0 Å². The zero-order chi connectivity index (χ0) is 24.9. The van der Waals surface area contributed by atoms with Crippen LogP contribution in [0.5, 0.6) is 0 Å². The molecule has 0 fully saturated rings. The first-order valence-electron chi connectivity index (χ1n) is 12.1. The minimum Gasteiger partial charge on any atom is -0.337 e. The second kappa shape index (κ2) is 8.53. The van der Waals surface area contributed by atoms with Crippen LogP contribution in [0.3, 0.4) is 0 Å². The van der Waals surface area contributed by atoms with E-state index in [1.54, 1.807) is 17.5 Å². The Morgan fingerprint density at radius 3 is 2.49 bits per heavy atom. The number of aromatic nitrogens is 3. The van der Waals surface area contributed by atoms with E-state index in [4.69, 9.17) is 15.1 Å². The van der Waals surface area contributed by atoms with Gasteiger partial charge in [-0.1, -0.05) is 42.0 Å². The van der Waals surface area contributed by atoms with Crippen LogP contribution in [-0.2, 0) is 0 Å². The SMILES string of the molecule is Cc1ccc(NC2=Nc3ccccc3N3C2=Nc2c(c(C)nn2-c2ccccn2)C3c2cccs2)cc1. The summed E-state index contributed by atoms with van der Waals surface area (Å²) >= 11 is 1.73. The van der Waals surface area contributed by atoms with E-state index < -0.39 is 0 Å². The van der Waals surface area contributed by atoms with Crippen molar-refractivity contribution in [3.05, 3.63) is 112 Å². The molecule has 0 saturated carbocycles. The quantitative estimate of drug-likeness (QED) is 0.297. The van der Waals surface area contributed by atoms with Gasteiger partial charge in [0.25, 0.3) is 0 Å². The molecule has 0 radical (unpaired) electrons. The minimum absolute atomic E-state index is 0.105. The molecular formula is C29H23N7S. The lowest BCUT2D eigenvalue weighted by Crippen LogP contribution is -2.46. The summed E-state index contributed by atoms with van der Waals surface area (Å²) in [6.45, 7) is 4.13. The van der Waals surface area contributed by atoms with Gasteiger partial charge in [0.15, 0.2) is 23.3 Å². The van der Waals surface area contributed by atoms with E-state index in [0.29, 0.717) is 5.84 Å². The third-order valence-corrected chi connectivity index (χ3v) is 7.56. The molecule has 0 amide bonds. The van der Waals surface area contributed by atoms with Crippen molar-refractivity contribution in [3.8, 4) is 5.82 Å². The first-order valence-corrected chi connectivity index (χ1v) is 13.0. The lowest BCUT2D eigenvalue weighted by atomic mass is 9.98. The van der Waals surface area contributed by atoms with Crippen LogP contribution in [0, 0.1) is 13.8 Å². The Kier molecular flexibility index (Phi) is 5.00. The summed E-state index contributed by atoms with van der Waals surface area (Å²) in [4.78, 5) is 18.3. The van der Waals surface area contributed by atoms with E-state index >= 15 is 0 Å². The molecular weight excluding hydrogens is 478 g/mol. The van der Waals surface area contributed by atoms with Gasteiger partial charge in [0.1, 0.15) is 6.04 Å². The number of aryl methyl sites for hydroxylation is 2. The Morgan fingerprint density at radius 2 is 1.70 bits per heavy atom. The number of nitrogens with zero attached hydrogens (tertiary/aromatic N) is 6. The van der Waals surface area contributed by atoms with Crippen molar-refractivity contribution in [2.75, 3.05) is 10.2 Å². The second-order valence-electron chi connectivity index (χ2n) is 9.09. The molecule has 0 saturated heterocycles. The van der Waals surface area contributed by atoms with Gasteiger partial charge in [-0.2, -0.15) is 9.78 Å². The summed E-state index contributed by atoms with van der Waals surface area (Å²) in [5.41, 5.74) is 6.08. The predicted octanol–water partition coefficient (Wildman–Crippen LogP) is 6.74. The molecule has 2 aliphatic rings. The van der Waals surface area contributed by atoms with E-state index in [-0.39, 0.29) is 6.04 Å². The average Bonchev–Trinajstić information content (AvgIpc) is 3.58. The largest absolute Gasteiger partial charge is 0.337 e. The standard InChI is InChI=1S/C29H23N7S/c1-18-12-14-20(15-13-18)31-27-29-33-28-25(19(2)34-36(28)24-11-5-6-16-30-24)26(23-10-7-17-37-23)35(29)22-9-4-3-8-21(22)32-27/h3-17,26H,1-2H3,(H,31,32). The maximum absolute atomic E-state index is 5.23. The number of rotatable bonds is 3. The van der Waals surface area contributed by atoms with Crippen LogP contribution in [0.25, 0.3) is 5.82 Å². The molecule has 8 heteroatoms. The highest BCUT2D eigenvalue weighted by Gasteiger charge is 2.41. The molecule has 0 aliphatic carbocycles. The highest BCUT2D eigenvalue weighted by atomic mass is 32.1. The zero-order valence-corrected chi connectivity index (χ0v) is 21.1. The molecule has 0 bridgehead atoms. The third-order valence-electron chi connectivity index (χ3n) is 6.63. The van der Waals surface area contributed by atoms with E-state index in [9.17, 15) is 0 Å². The molecule has 5 aromatic rings. The van der Waals surface area contributed by atoms with Gasteiger partial charge in [-0.15, -0.1) is 11.3 Å². The van der Waals surface area contributed by atoms with Crippen LogP contribution in [0.1, 0.15) is 27.7 Å². The van der Waals surface area contributed by atoms with Gasteiger partial charge in [-0.05, 0) is 61.7 Å². The van der Waals surface area contributed by atoms with Gasteiger partial charge >= 0.3 is 0 Å². The van der Waals surface area contributed by atoms with Gasteiger partial charge in [0, 0.05) is 22.3 Å². The second-order valence-corrected chi connectivity index (χ2v) is 10.1. The lowest BCUT2D eigenvalue weighted by Gasteiger charge is -2.40. The van der Waals surface area contributed by atoms with Gasteiger partial charge in [0.05, 0.1) is 17.1 Å².